The van der Waals surface area contributed by atoms with Gasteiger partial charge in [0.25, 0.3) is 5.91 Å². The predicted octanol–water partition coefficient (Wildman–Crippen LogP) is 1.85. The lowest BCUT2D eigenvalue weighted by molar-refractivity contribution is 0.0785. The summed E-state index contributed by atoms with van der Waals surface area (Å²) in [5.41, 5.74) is 9.68. The lowest BCUT2D eigenvalue weighted by Crippen LogP contribution is -2.30. The van der Waals surface area contributed by atoms with Crippen LogP contribution in [0.25, 0.3) is 0 Å². The van der Waals surface area contributed by atoms with Crippen LogP contribution in [-0.4, -0.2) is 40.2 Å². The van der Waals surface area contributed by atoms with Crippen LogP contribution in [0.15, 0.2) is 30.3 Å². The van der Waals surface area contributed by atoms with Gasteiger partial charge < -0.3 is 10.6 Å². The third-order valence-corrected chi connectivity index (χ3v) is 4.98. The van der Waals surface area contributed by atoms with Gasteiger partial charge in [-0.3, -0.25) is 9.48 Å². The fourth-order valence-corrected chi connectivity index (χ4v) is 3.60. The maximum absolute atomic E-state index is 13.0. The van der Waals surface area contributed by atoms with E-state index >= 15 is 0 Å². The third kappa shape index (κ3) is 2.77. The first-order chi connectivity index (χ1) is 11.0. The Bertz CT molecular complexity index is 707. The van der Waals surface area contributed by atoms with Crippen LogP contribution in [0.2, 0.25) is 0 Å². The second-order valence-electron chi connectivity index (χ2n) is 6.39. The fourth-order valence-electron chi connectivity index (χ4n) is 3.60. The molecule has 2 heterocycles. The van der Waals surface area contributed by atoms with Gasteiger partial charge in [0.15, 0.2) is 0 Å². The molecule has 0 saturated carbocycles. The van der Waals surface area contributed by atoms with Crippen molar-refractivity contribution in [1.29, 1.82) is 0 Å². The molecule has 2 atom stereocenters. The van der Waals surface area contributed by atoms with E-state index in [-0.39, 0.29) is 5.91 Å². The van der Waals surface area contributed by atoms with Gasteiger partial charge in [0.05, 0.1) is 11.3 Å². The summed E-state index contributed by atoms with van der Waals surface area (Å²) in [4.78, 5) is 14.9. The average Bonchev–Trinajstić information content (AvgIpc) is 3.09. The van der Waals surface area contributed by atoms with Crippen LogP contribution in [0, 0.1) is 19.8 Å². The molecule has 1 saturated heterocycles. The number of hydrogen-bond acceptors (Lipinski definition) is 3. The van der Waals surface area contributed by atoms with Crippen molar-refractivity contribution in [2.45, 2.75) is 19.8 Å². The summed E-state index contributed by atoms with van der Waals surface area (Å²) in [7, 11) is 1.87. The summed E-state index contributed by atoms with van der Waals surface area (Å²) < 4.78 is 1.77. The first kappa shape index (κ1) is 15.7. The summed E-state index contributed by atoms with van der Waals surface area (Å²) in [5.74, 6) is 0.686. The lowest BCUT2D eigenvalue weighted by Gasteiger charge is -2.17. The van der Waals surface area contributed by atoms with Gasteiger partial charge in [-0.15, -0.1) is 0 Å². The summed E-state index contributed by atoms with van der Waals surface area (Å²) in [5, 5.41) is 4.36. The molecule has 5 heteroatoms. The number of amides is 1. The zero-order valence-corrected chi connectivity index (χ0v) is 14.0. The van der Waals surface area contributed by atoms with Crippen molar-refractivity contribution < 1.29 is 4.79 Å². The largest absolute Gasteiger partial charge is 0.338 e. The minimum atomic E-state index is 0.0741. The Hall–Kier alpha value is -2.14. The van der Waals surface area contributed by atoms with Crippen LogP contribution in [-0.2, 0) is 7.05 Å². The molecule has 2 N–H and O–H groups in total. The maximum Gasteiger partial charge on any atom is 0.257 e. The van der Waals surface area contributed by atoms with Crippen LogP contribution in [0.1, 0.15) is 33.2 Å². The Labute approximate surface area is 137 Å². The van der Waals surface area contributed by atoms with Crippen molar-refractivity contribution in [3.05, 3.63) is 52.8 Å². The Morgan fingerprint density at radius 2 is 1.96 bits per heavy atom. The van der Waals surface area contributed by atoms with Gasteiger partial charge in [0.2, 0.25) is 0 Å². The highest BCUT2D eigenvalue weighted by molar-refractivity contribution is 5.96. The van der Waals surface area contributed by atoms with Gasteiger partial charge in [0, 0.05) is 31.7 Å². The van der Waals surface area contributed by atoms with Gasteiger partial charge in [-0.1, -0.05) is 30.3 Å². The molecule has 0 aliphatic carbocycles. The number of aromatic nitrogens is 2. The van der Waals surface area contributed by atoms with Gasteiger partial charge in [-0.2, -0.15) is 5.10 Å². The highest BCUT2D eigenvalue weighted by Gasteiger charge is 2.36. The van der Waals surface area contributed by atoms with Crippen LogP contribution in [0.3, 0.4) is 0 Å². The minimum absolute atomic E-state index is 0.0741. The number of hydrogen-bond donors (Lipinski definition) is 1. The van der Waals surface area contributed by atoms with E-state index in [0.717, 1.165) is 23.5 Å². The van der Waals surface area contributed by atoms with Crippen LogP contribution in [0.5, 0.6) is 0 Å². The zero-order valence-electron chi connectivity index (χ0n) is 14.0. The van der Waals surface area contributed by atoms with E-state index in [1.807, 2.05) is 44.0 Å². The molecule has 0 spiro atoms. The Morgan fingerprint density at radius 3 is 2.52 bits per heavy atom. The first-order valence-corrected chi connectivity index (χ1v) is 8.07. The molecule has 122 valence electrons. The molecule has 5 nitrogen and oxygen atoms in total. The summed E-state index contributed by atoms with van der Waals surface area (Å²) >= 11 is 0. The molecule has 2 aromatic rings. The Morgan fingerprint density at radius 1 is 1.26 bits per heavy atom. The van der Waals surface area contributed by atoms with Gasteiger partial charge in [-0.25, -0.2) is 0 Å². The Kier molecular flexibility index (Phi) is 4.22. The second-order valence-corrected chi connectivity index (χ2v) is 6.39. The van der Waals surface area contributed by atoms with Gasteiger partial charge >= 0.3 is 0 Å². The Balaban J connectivity index is 1.86. The molecule has 0 bridgehead atoms. The summed E-state index contributed by atoms with van der Waals surface area (Å²) in [6.07, 6.45) is 0. The molecule has 1 fully saturated rings. The summed E-state index contributed by atoms with van der Waals surface area (Å²) in [6.45, 7) is 5.86. The van der Waals surface area contributed by atoms with E-state index < -0.39 is 0 Å². The van der Waals surface area contributed by atoms with Crippen molar-refractivity contribution in [2.75, 3.05) is 19.6 Å². The molecule has 1 amide bonds. The number of likely N-dealkylation sites (tertiary alicyclic amines) is 1. The predicted molar refractivity (Wildman–Crippen MR) is 90.3 cm³/mol. The van der Waals surface area contributed by atoms with Gasteiger partial charge in [-0.05, 0) is 31.9 Å². The fraction of sp³-hybridized carbons (Fsp3) is 0.444. The smallest absolute Gasteiger partial charge is 0.257 e. The topological polar surface area (TPSA) is 64.2 Å². The van der Waals surface area contributed by atoms with E-state index in [1.165, 1.54) is 5.56 Å². The maximum atomic E-state index is 13.0. The molecule has 1 aliphatic heterocycles. The average molecular weight is 312 g/mol. The molecule has 3 rings (SSSR count). The molecule has 0 radical (unpaired) electrons. The third-order valence-electron chi connectivity index (χ3n) is 4.98. The van der Waals surface area contributed by atoms with E-state index in [1.54, 1.807) is 4.68 Å². The number of nitrogens with two attached hydrogens (primary N) is 1. The first-order valence-electron chi connectivity index (χ1n) is 8.07. The van der Waals surface area contributed by atoms with Crippen molar-refractivity contribution in [2.24, 2.45) is 18.7 Å². The standard InChI is InChI=1S/C18H24N4O/c1-12-17(13(2)21(3)20-12)18(23)22-10-15(9-19)16(11-22)14-7-5-4-6-8-14/h4-8,15-16H,9-11,19H2,1-3H3/t15-,16+/m1/s1. The molecular weight excluding hydrogens is 288 g/mol. The number of aryl methyl sites for hydroxylation is 2. The monoisotopic (exact) mass is 312 g/mol. The molecule has 0 unspecified atom stereocenters. The van der Waals surface area contributed by atoms with E-state index in [0.29, 0.717) is 24.9 Å². The zero-order chi connectivity index (χ0) is 16.6. The SMILES string of the molecule is Cc1nn(C)c(C)c1C(=O)N1C[C@@H](CN)[C@H](c2ccccc2)C1. The number of benzene rings is 1. The molecule has 23 heavy (non-hydrogen) atoms. The summed E-state index contributed by atoms with van der Waals surface area (Å²) in [6, 6.07) is 10.4. The van der Waals surface area contributed by atoms with Crippen molar-refractivity contribution in [3.63, 3.8) is 0 Å². The molecule has 1 aromatic heterocycles. The lowest BCUT2D eigenvalue weighted by atomic mass is 9.89. The number of nitrogens with zero attached hydrogens (tertiary/aromatic N) is 3. The number of rotatable bonds is 3. The quantitative estimate of drug-likeness (QED) is 0.941. The molecule has 1 aromatic carbocycles. The van der Waals surface area contributed by atoms with E-state index in [2.05, 4.69) is 17.2 Å². The number of carbonyl (C=O) groups is 1. The van der Waals surface area contributed by atoms with Crippen LogP contribution in [0.4, 0.5) is 0 Å². The second kappa shape index (κ2) is 6.16. The van der Waals surface area contributed by atoms with Crippen molar-refractivity contribution >= 4 is 5.91 Å². The van der Waals surface area contributed by atoms with Crippen molar-refractivity contribution in [1.82, 2.24) is 14.7 Å². The highest BCUT2D eigenvalue weighted by Crippen LogP contribution is 2.33. The molecular formula is C18H24N4O. The van der Waals surface area contributed by atoms with Crippen LogP contribution >= 0.6 is 0 Å². The van der Waals surface area contributed by atoms with Gasteiger partial charge in [0.1, 0.15) is 0 Å². The minimum Gasteiger partial charge on any atom is -0.338 e. The normalized spacial score (nSPS) is 21.0. The van der Waals surface area contributed by atoms with E-state index in [9.17, 15) is 4.79 Å². The highest BCUT2D eigenvalue weighted by atomic mass is 16.2. The molecule has 1 aliphatic rings. The number of carbonyl (C=O) groups excluding carboxylic acids is 1. The van der Waals surface area contributed by atoms with Crippen molar-refractivity contribution in [3.8, 4) is 0 Å². The van der Waals surface area contributed by atoms with Crippen LogP contribution < -0.4 is 5.73 Å². The van der Waals surface area contributed by atoms with E-state index in [4.69, 9.17) is 5.73 Å².